The number of thiophene rings is 1. The molecule has 3 aromatic rings. The molecule has 144 valence electrons. The molecule has 27 heavy (non-hydrogen) atoms. The van der Waals surface area contributed by atoms with Crippen molar-refractivity contribution in [3.63, 3.8) is 0 Å². The fourth-order valence-corrected chi connectivity index (χ4v) is 4.53. The number of benzene rings is 2. The Bertz CT molecular complexity index is 892. The summed E-state index contributed by atoms with van der Waals surface area (Å²) in [7, 11) is -4.35. The summed E-state index contributed by atoms with van der Waals surface area (Å²) in [6.07, 6.45) is 2.24. The van der Waals surface area contributed by atoms with Gasteiger partial charge in [-0.2, -0.15) is 0 Å². The first-order valence-corrected chi connectivity index (χ1v) is 11.9. The molecule has 0 bridgehead atoms. The fraction of sp³-hybridized carbons (Fsp3) is 0.158. The second-order valence-electron chi connectivity index (χ2n) is 5.51. The van der Waals surface area contributed by atoms with Gasteiger partial charge in [0.1, 0.15) is 17.8 Å². The molecule has 0 aliphatic rings. The summed E-state index contributed by atoms with van der Waals surface area (Å²) in [5, 5.41) is 11.0. The molecule has 1 N–H and O–H groups in total. The van der Waals surface area contributed by atoms with E-state index in [0.717, 1.165) is 5.75 Å². The Kier molecular flexibility index (Phi) is 8.33. The van der Waals surface area contributed by atoms with Crippen molar-refractivity contribution >= 4 is 32.6 Å². The Balaban J connectivity index is 0.000000208. The third kappa shape index (κ3) is 8.59. The van der Waals surface area contributed by atoms with Crippen molar-refractivity contribution in [3.8, 4) is 5.75 Å². The van der Waals surface area contributed by atoms with Gasteiger partial charge in [-0.15, -0.1) is 11.3 Å². The largest absolute Gasteiger partial charge is 0.726 e. The van der Waals surface area contributed by atoms with E-state index in [-0.39, 0.29) is 17.5 Å². The lowest BCUT2D eigenvalue weighted by Gasteiger charge is -2.04. The minimum Gasteiger partial charge on any atom is -0.726 e. The monoisotopic (exact) mass is 424 g/mol. The molecular weight excluding hydrogens is 404 g/mol. The molecule has 0 aliphatic carbocycles. The average Bonchev–Trinajstić information content (AvgIpc) is 3.15. The van der Waals surface area contributed by atoms with E-state index in [1.54, 1.807) is 29.6 Å². The number of hydrogen-bond donors (Lipinski definition) is 1. The first-order chi connectivity index (χ1) is 12.8. The maximum absolute atomic E-state index is 9.95. The first kappa shape index (κ1) is 21.5. The second-order valence-corrected chi connectivity index (χ2v) is 9.63. The molecule has 1 atom stereocenters. The van der Waals surface area contributed by atoms with Crippen LogP contribution < -0.4 is 0 Å². The number of aromatic hydroxyl groups is 1. The van der Waals surface area contributed by atoms with Crippen LogP contribution in [0, 0.1) is 0 Å². The summed E-state index contributed by atoms with van der Waals surface area (Å²) in [4.78, 5) is 2.01. The van der Waals surface area contributed by atoms with E-state index < -0.39 is 10.4 Å². The highest BCUT2D eigenvalue weighted by atomic mass is 32.3. The molecule has 0 aliphatic heterocycles. The van der Waals surface area contributed by atoms with E-state index in [1.165, 1.54) is 21.8 Å². The highest BCUT2D eigenvalue weighted by molar-refractivity contribution is 7.95. The van der Waals surface area contributed by atoms with Crippen LogP contribution in [0.5, 0.6) is 5.75 Å². The van der Waals surface area contributed by atoms with Gasteiger partial charge in [-0.3, -0.25) is 4.18 Å². The summed E-state index contributed by atoms with van der Waals surface area (Å²) in [6.45, 7) is -0.163. The van der Waals surface area contributed by atoms with Crippen molar-refractivity contribution in [2.75, 3.05) is 6.26 Å². The van der Waals surface area contributed by atoms with Gasteiger partial charge >= 0.3 is 0 Å². The third-order valence-electron chi connectivity index (χ3n) is 3.39. The molecule has 0 radical (unpaired) electrons. The van der Waals surface area contributed by atoms with Crippen molar-refractivity contribution in [2.24, 2.45) is 0 Å². The van der Waals surface area contributed by atoms with Crippen LogP contribution in [-0.4, -0.2) is 24.3 Å². The van der Waals surface area contributed by atoms with Crippen LogP contribution >= 0.6 is 11.3 Å². The van der Waals surface area contributed by atoms with E-state index in [4.69, 9.17) is 0 Å². The zero-order valence-electron chi connectivity index (χ0n) is 14.6. The molecule has 0 spiro atoms. The lowest BCUT2D eigenvalue weighted by Crippen LogP contribution is -2.03. The zero-order chi connectivity index (χ0) is 19.7. The molecule has 1 heterocycles. The minimum absolute atomic E-state index is 0.163. The summed E-state index contributed by atoms with van der Waals surface area (Å²) in [5.74, 6) is 1.39. The van der Waals surface area contributed by atoms with Gasteiger partial charge in [0.15, 0.2) is 4.90 Å². The molecule has 8 heteroatoms. The third-order valence-corrected chi connectivity index (χ3v) is 6.49. The number of hydrogen-bond acceptors (Lipinski definition) is 6. The normalized spacial score (nSPS) is 12.1. The molecular formula is C19H20O5S3. The van der Waals surface area contributed by atoms with Gasteiger partial charge in [-0.05, 0) is 35.7 Å². The van der Waals surface area contributed by atoms with E-state index >= 15 is 0 Å². The molecule has 5 nitrogen and oxygen atoms in total. The van der Waals surface area contributed by atoms with Crippen molar-refractivity contribution < 1.29 is 22.3 Å². The highest BCUT2D eigenvalue weighted by Crippen LogP contribution is 2.19. The SMILES string of the molecule is C[S+](Cc1ccccc1)c1ccc(O)cc1.O=S(=O)([O-])OCc1cccs1. The second kappa shape index (κ2) is 10.5. The predicted molar refractivity (Wildman–Crippen MR) is 109 cm³/mol. The molecule has 2 aromatic carbocycles. The Hall–Kier alpha value is -1.84. The van der Waals surface area contributed by atoms with Crippen molar-refractivity contribution in [1.82, 2.24) is 0 Å². The van der Waals surface area contributed by atoms with Gasteiger partial charge in [0.2, 0.25) is 10.4 Å². The Morgan fingerprint density at radius 3 is 2.26 bits per heavy atom. The number of phenolic OH excluding ortho intramolecular Hbond substituents is 1. The molecule has 0 saturated carbocycles. The first-order valence-electron chi connectivity index (χ1n) is 7.91. The molecule has 0 saturated heterocycles. The minimum atomic E-state index is -4.54. The Morgan fingerprint density at radius 2 is 1.70 bits per heavy atom. The topological polar surface area (TPSA) is 86.7 Å². The van der Waals surface area contributed by atoms with Crippen LogP contribution in [-0.2, 0) is 37.8 Å². The van der Waals surface area contributed by atoms with Gasteiger partial charge in [0.25, 0.3) is 0 Å². The van der Waals surface area contributed by atoms with Crippen molar-refractivity contribution in [1.29, 1.82) is 0 Å². The van der Waals surface area contributed by atoms with Crippen LogP contribution in [0.1, 0.15) is 10.4 Å². The van der Waals surface area contributed by atoms with Crippen molar-refractivity contribution in [3.05, 3.63) is 82.6 Å². The standard InChI is InChI=1S/C14H14OS.C5H6O4S2/c1-16(11-12-5-3-2-4-6-12)14-9-7-13(15)8-10-14;6-11(7,8)9-4-5-2-1-3-10-5/h2-10H,11H2,1H3;1-3H,4H2,(H,6,7,8). The quantitative estimate of drug-likeness (QED) is 0.368. The van der Waals surface area contributed by atoms with Crippen molar-refractivity contribution in [2.45, 2.75) is 17.3 Å². The summed E-state index contributed by atoms with van der Waals surface area (Å²) in [5.41, 5.74) is 1.36. The van der Waals surface area contributed by atoms with Crippen LogP contribution in [0.4, 0.5) is 0 Å². The van der Waals surface area contributed by atoms with Crippen LogP contribution in [0.25, 0.3) is 0 Å². The van der Waals surface area contributed by atoms with E-state index in [1.807, 2.05) is 18.2 Å². The number of phenols is 1. The molecule has 1 aromatic heterocycles. The summed E-state index contributed by atoms with van der Waals surface area (Å²) < 4.78 is 33.9. The predicted octanol–water partition coefficient (Wildman–Crippen LogP) is 3.92. The lowest BCUT2D eigenvalue weighted by molar-refractivity contribution is 0.255. The van der Waals surface area contributed by atoms with Gasteiger partial charge < -0.3 is 9.66 Å². The van der Waals surface area contributed by atoms with E-state index in [0.29, 0.717) is 10.6 Å². The zero-order valence-corrected chi connectivity index (χ0v) is 17.1. The molecule has 3 rings (SSSR count). The van der Waals surface area contributed by atoms with E-state index in [9.17, 15) is 18.1 Å². The molecule has 0 fully saturated rings. The van der Waals surface area contributed by atoms with Crippen LogP contribution in [0.3, 0.4) is 0 Å². The lowest BCUT2D eigenvalue weighted by atomic mass is 10.2. The van der Waals surface area contributed by atoms with Gasteiger partial charge in [-0.25, -0.2) is 8.42 Å². The highest BCUT2D eigenvalue weighted by Gasteiger charge is 2.15. The number of rotatable bonds is 6. The smallest absolute Gasteiger partial charge is 0.217 e. The summed E-state index contributed by atoms with van der Waals surface area (Å²) >= 11 is 1.34. The van der Waals surface area contributed by atoms with E-state index in [2.05, 4.69) is 34.7 Å². The van der Waals surface area contributed by atoms with Gasteiger partial charge in [0, 0.05) is 21.3 Å². The van der Waals surface area contributed by atoms with Crippen LogP contribution in [0.15, 0.2) is 77.0 Å². The van der Waals surface area contributed by atoms with Gasteiger partial charge in [-0.1, -0.05) is 36.4 Å². The molecule has 1 unspecified atom stereocenters. The van der Waals surface area contributed by atoms with Gasteiger partial charge in [0.05, 0.1) is 6.61 Å². The summed E-state index contributed by atoms with van der Waals surface area (Å²) in [6, 6.07) is 21.4. The van der Waals surface area contributed by atoms with Crippen LogP contribution in [0.2, 0.25) is 0 Å². The Morgan fingerprint density at radius 1 is 1.04 bits per heavy atom. The average molecular weight is 425 g/mol. The maximum atomic E-state index is 9.95. The molecule has 0 amide bonds. The Labute approximate surface area is 166 Å². The fourth-order valence-electron chi connectivity index (χ4n) is 2.11. The maximum Gasteiger partial charge on any atom is 0.217 e.